The fraction of sp³-hybridized carbons (Fsp3) is 0.385. The highest BCUT2D eigenvalue weighted by molar-refractivity contribution is 5.83. The van der Waals surface area contributed by atoms with Crippen molar-refractivity contribution in [1.29, 1.82) is 0 Å². The largest absolute Gasteiger partial charge is 0.711 e. The van der Waals surface area contributed by atoms with Gasteiger partial charge < -0.3 is 14.7 Å². The number of nitrogens with zero attached hydrogens (tertiary/aromatic N) is 2. The van der Waals surface area contributed by atoms with Crippen LogP contribution in [0.15, 0.2) is 12.1 Å². The maximum Gasteiger partial charge on any atom is 0.301 e. The predicted molar refractivity (Wildman–Crippen MR) is 67.9 cm³/mol. The summed E-state index contributed by atoms with van der Waals surface area (Å²) >= 11 is 0. The molecule has 2 aromatic rings. The minimum atomic E-state index is 0.507. The van der Waals surface area contributed by atoms with Crippen molar-refractivity contribution < 1.29 is 14.2 Å². The minimum absolute atomic E-state index is 0.507. The summed E-state index contributed by atoms with van der Waals surface area (Å²) in [7, 11) is 3.14. The van der Waals surface area contributed by atoms with E-state index in [-0.39, 0.29) is 0 Å². The molecule has 0 radical (unpaired) electrons. The standard InChI is InChI=1S/C13H16N2O3/c1-5-13-14-10-7-12(18-4)11(17-3)6-9(10)8(2)15(13)16/h6-7H,5H2,1-4H3. The number of methoxy groups -OCH3 is 2. The van der Waals surface area contributed by atoms with Crippen molar-refractivity contribution in [3.05, 3.63) is 28.9 Å². The third-order valence-corrected chi connectivity index (χ3v) is 3.00. The lowest BCUT2D eigenvalue weighted by Crippen LogP contribution is -2.36. The molecule has 0 aliphatic carbocycles. The number of aromatic nitrogens is 2. The summed E-state index contributed by atoms with van der Waals surface area (Å²) in [5.74, 6) is 1.72. The van der Waals surface area contributed by atoms with Gasteiger partial charge in [-0.1, -0.05) is 6.92 Å². The van der Waals surface area contributed by atoms with E-state index in [0.717, 1.165) is 15.6 Å². The van der Waals surface area contributed by atoms with E-state index in [1.807, 2.05) is 6.92 Å². The molecule has 0 saturated heterocycles. The molecule has 0 saturated carbocycles. The summed E-state index contributed by atoms with van der Waals surface area (Å²) < 4.78 is 11.3. The van der Waals surface area contributed by atoms with Crippen LogP contribution in [0.25, 0.3) is 10.9 Å². The van der Waals surface area contributed by atoms with Crippen molar-refractivity contribution in [3.63, 3.8) is 0 Å². The van der Waals surface area contributed by atoms with Gasteiger partial charge in [0.15, 0.2) is 17.0 Å². The third kappa shape index (κ3) is 1.81. The number of ether oxygens (including phenoxy) is 2. The number of hydrogen-bond acceptors (Lipinski definition) is 4. The molecule has 0 N–H and O–H groups in total. The topological polar surface area (TPSA) is 58.3 Å². The van der Waals surface area contributed by atoms with E-state index in [1.165, 1.54) is 0 Å². The van der Waals surface area contributed by atoms with E-state index < -0.39 is 0 Å². The van der Waals surface area contributed by atoms with Gasteiger partial charge in [0.25, 0.3) is 0 Å². The Morgan fingerprint density at radius 3 is 2.39 bits per heavy atom. The highest BCUT2D eigenvalue weighted by atomic mass is 16.5. The molecule has 0 atom stereocenters. The first-order valence-corrected chi connectivity index (χ1v) is 5.77. The van der Waals surface area contributed by atoms with Crippen LogP contribution in [0.3, 0.4) is 0 Å². The molecule has 5 nitrogen and oxygen atoms in total. The Labute approximate surface area is 106 Å². The van der Waals surface area contributed by atoms with Gasteiger partial charge in [0, 0.05) is 6.07 Å². The number of benzene rings is 1. The number of rotatable bonds is 3. The van der Waals surface area contributed by atoms with Crippen LogP contribution in [0, 0.1) is 12.1 Å². The molecule has 0 aliphatic rings. The average Bonchev–Trinajstić information content (AvgIpc) is 2.41. The third-order valence-electron chi connectivity index (χ3n) is 3.00. The first-order valence-electron chi connectivity index (χ1n) is 5.77. The quantitative estimate of drug-likeness (QED) is 0.613. The van der Waals surface area contributed by atoms with E-state index >= 15 is 0 Å². The monoisotopic (exact) mass is 248 g/mol. The molecule has 1 heterocycles. The molecule has 0 fully saturated rings. The van der Waals surface area contributed by atoms with Gasteiger partial charge in [0.05, 0.1) is 26.0 Å². The second-order valence-corrected chi connectivity index (χ2v) is 3.99. The average molecular weight is 248 g/mol. The van der Waals surface area contributed by atoms with E-state index in [1.54, 1.807) is 33.3 Å². The van der Waals surface area contributed by atoms with Crippen molar-refractivity contribution in [2.24, 2.45) is 0 Å². The summed E-state index contributed by atoms with van der Waals surface area (Å²) in [4.78, 5) is 4.35. The summed E-state index contributed by atoms with van der Waals surface area (Å²) in [5, 5.41) is 12.7. The van der Waals surface area contributed by atoms with Crippen LogP contribution in [-0.4, -0.2) is 19.2 Å². The van der Waals surface area contributed by atoms with Crippen LogP contribution in [0.1, 0.15) is 18.4 Å². The van der Waals surface area contributed by atoms with Crippen LogP contribution < -0.4 is 14.2 Å². The second kappa shape index (κ2) is 4.68. The molecular formula is C13H16N2O3. The van der Waals surface area contributed by atoms with Gasteiger partial charge >= 0.3 is 5.82 Å². The molecule has 0 amide bonds. The van der Waals surface area contributed by atoms with Crippen LogP contribution in [-0.2, 0) is 6.42 Å². The maximum atomic E-state index is 11.9. The van der Waals surface area contributed by atoms with Crippen molar-refractivity contribution >= 4 is 10.9 Å². The molecule has 1 aromatic heterocycles. The Bertz CT molecular complexity index is 597. The molecule has 0 aliphatic heterocycles. The first kappa shape index (κ1) is 12.4. The van der Waals surface area contributed by atoms with E-state index in [0.29, 0.717) is 29.4 Å². The molecule has 96 valence electrons. The predicted octanol–water partition coefficient (Wildman–Crippen LogP) is 1.76. The molecule has 2 rings (SSSR count). The fourth-order valence-corrected chi connectivity index (χ4v) is 1.96. The van der Waals surface area contributed by atoms with Crippen molar-refractivity contribution in [2.45, 2.75) is 20.3 Å². The SMILES string of the molecule is CCc1nc2cc(OC)c(OC)cc2c(C)[n+]1[O-]. The van der Waals surface area contributed by atoms with Gasteiger partial charge in [-0.3, -0.25) is 0 Å². The van der Waals surface area contributed by atoms with Gasteiger partial charge in [-0.05, 0) is 18.0 Å². The zero-order valence-electron chi connectivity index (χ0n) is 11.0. The van der Waals surface area contributed by atoms with Crippen LogP contribution in [0.5, 0.6) is 11.5 Å². The zero-order chi connectivity index (χ0) is 13.3. The van der Waals surface area contributed by atoms with Crippen molar-refractivity contribution in [1.82, 2.24) is 4.98 Å². The van der Waals surface area contributed by atoms with E-state index in [4.69, 9.17) is 9.47 Å². The Morgan fingerprint density at radius 2 is 1.83 bits per heavy atom. The molecule has 5 heteroatoms. The lowest BCUT2D eigenvalue weighted by atomic mass is 10.1. The van der Waals surface area contributed by atoms with Gasteiger partial charge in [0.2, 0.25) is 0 Å². The normalized spacial score (nSPS) is 10.7. The minimum Gasteiger partial charge on any atom is -0.711 e. The second-order valence-electron chi connectivity index (χ2n) is 3.99. The van der Waals surface area contributed by atoms with E-state index in [2.05, 4.69) is 4.98 Å². The molecule has 0 spiro atoms. The van der Waals surface area contributed by atoms with Gasteiger partial charge in [0.1, 0.15) is 5.69 Å². The van der Waals surface area contributed by atoms with E-state index in [9.17, 15) is 5.21 Å². The first-order chi connectivity index (χ1) is 8.62. The molecular weight excluding hydrogens is 232 g/mol. The van der Waals surface area contributed by atoms with Crippen molar-refractivity contribution in [2.75, 3.05) is 14.2 Å². The van der Waals surface area contributed by atoms with Crippen LogP contribution >= 0.6 is 0 Å². The molecule has 0 unspecified atom stereocenters. The molecule has 1 aromatic carbocycles. The summed E-state index contributed by atoms with van der Waals surface area (Å²) in [6.07, 6.45) is 0.592. The number of fused-ring (bicyclic) bond motifs is 1. The maximum absolute atomic E-state index is 11.9. The zero-order valence-corrected chi connectivity index (χ0v) is 11.0. The van der Waals surface area contributed by atoms with Gasteiger partial charge in [-0.15, -0.1) is 0 Å². The van der Waals surface area contributed by atoms with Gasteiger partial charge in [-0.2, -0.15) is 0 Å². The fourth-order valence-electron chi connectivity index (χ4n) is 1.96. The van der Waals surface area contributed by atoms with Crippen LogP contribution in [0.2, 0.25) is 0 Å². The van der Waals surface area contributed by atoms with Crippen molar-refractivity contribution in [3.8, 4) is 11.5 Å². The Morgan fingerprint density at radius 1 is 1.22 bits per heavy atom. The smallest absolute Gasteiger partial charge is 0.301 e. The summed E-state index contributed by atoms with van der Waals surface area (Å²) in [6.45, 7) is 3.69. The van der Waals surface area contributed by atoms with Gasteiger partial charge in [-0.25, -0.2) is 4.73 Å². The lowest BCUT2D eigenvalue weighted by molar-refractivity contribution is -0.622. The highest BCUT2D eigenvalue weighted by Crippen LogP contribution is 2.31. The lowest BCUT2D eigenvalue weighted by Gasteiger charge is -2.12. The molecule has 18 heavy (non-hydrogen) atoms. The Kier molecular flexibility index (Phi) is 3.23. The van der Waals surface area contributed by atoms with Crippen LogP contribution in [0.4, 0.5) is 0 Å². The molecule has 0 bridgehead atoms. The summed E-state index contributed by atoms with van der Waals surface area (Å²) in [6, 6.07) is 3.57. The number of aryl methyl sites for hydroxylation is 2. The number of hydrogen-bond donors (Lipinski definition) is 0. The summed E-state index contributed by atoms with van der Waals surface area (Å²) in [5.41, 5.74) is 1.37. The Balaban J connectivity index is 2.80. The highest BCUT2D eigenvalue weighted by Gasteiger charge is 2.17. The Hall–Kier alpha value is -2.04.